The molecule has 0 aliphatic heterocycles. The van der Waals surface area contributed by atoms with Gasteiger partial charge in [0.15, 0.2) is 0 Å². The van der Waals surface area contributed by atoms with E-state index in [-0.39, 0.29) is 11.9 Å². The Balaban J connectivity index is 2.83. The molecule has 0 saturated carbocycles. The lowest BCUT2D eigenvalue weighted by atomic mass is 10.3. The lowest BCUT2D eigenvalue weighted by molar-refractivity contribution is 0.0942. The van der Waals surface area contributed by atoms with E-state index in [1.54, 1.807) is 10.9 Å². The van der Waals surface area contributed by atoms with Gasteiger partial charge in [-0.15, -0.1) is 0 Å². The van der Waals surface area contributed by atoms with Gasteiger partial charge < -0.3 is 5.32 Å². The molecule has 0 bridgehead atoms. The summed E-state index contributed by atoms with van der Waals surface area (Å²) in [5.41, 5.74) is 0.636. The molecule has 0 saturated heterocycles. The zero-order valence-corrected chi connectivity index (χ0v) is 9.99. The van der Waals surface area contributed by atoms with Gasteiger partial charge in [0.2, 0.25) is 0 Å². The minimum atomic E-state index is -0.0625. The summed E-state index contributed by atoms with van der Waals surface area (Å²) in [4.78, 5) is 11.5. The Hall–Kier alpha value is -0.590. The second-order valence-corrected chi connectivity index (χ2v) is 4.12. The molecule has 0 atom stereocenters. The zero-order chi connectivity index (χ0) is 10.0. The summed E-state index contributed by atoms with van der Waals surface area (Å²) in [6.07, 6.45) is 1.58. The molecule has 5 heteroatoms. The van der Waals surface area contributed by atoms with Crippen LogP contribution in [0.3, 0.4) is 0 Å². The monoisotopic (exact) mass is 293 g/mol. The molecular formula is C8H12IN3O. The number of hydrogen-bond donors (Lipinski definition) is 1. The Kier molecular flexibility index (Phi) is 3.29. The van der Waals surface area contributed by atoms with Crippen LogP contribution in [0.4, 0.5) is 0 Å². The van der Waals surface area contributed by atoms with Crippen LogP contribution in [-0.4, -0.2) is 21.7 Å². The van der Waals surface area contributed by atoms with Crippen LogP contribution in [0.15, 0.2) is 6.20 Å². The van der Waals surface area contributed by atoms with Gasteiger partial charge in [-0.05, 0) is 36.4 Å². The number of nitrogens with one attached hydrogen (secondary N) is 1. The van der Waals surface area contributed by atoms with Gasteiger partial charge in [0.05, 0.1) is 11.8 Å². The van der Waals surface area contributed by atoms with Crippen molar-refractivity contribution in [2.24, 2.45) is 7.05 Å². The van der Waals surface area contributed by atoms with Crippen LogP contribution in [0.1, 0.15) is 24.2 Å². The lowest BCUT2D eigenvalue weighted by Crippen LogP contribution is -2.30. The number of aromatic nitrogens is 2. The van der Waals surface area contributed by atoms with Crippen molar-refractivity contribution >= 4 is 28.5 Å². The quantitative estimate of drug-likeness (QED) is 0.832. The van der Waals surface area contributed by atoms with Crippen LogP contribution < -0.4 is 5.32 Å². The van der Waals surface area contributed by atoms with Crippen molar-refractivity contribution in [3.63, 3.8) is 0 Å². The Bertz CT molecular complexity index is 319. The predicted molar refractivity (Wildman–Crippen MR) is 58.5 cm³/mol. The van der Waals surface area contributed by atoms with Crippen LogP contribution in [0.25, 0.3) is 0 Å². The van der Waals surface area contributed by atoms with E-state index >= 15 is 0 Å². The Labute approximate surface area is 90.8 Å². The van der Waals surface area contributed by atoms with Gasteiger partial charge in [0, 0.05) is 13.1 Å². The van der Waals surface area contributed by atoms with Crippen molar-refractivity contribution in [3.05, 3.63) is 15.5 Å². The van der Waals surface area contributed by atoms with Gasteiger partial charge in [0.1, 0.15) is 3.70 Å². The molecule has 1 N–H and O–H groups in total. The Morgan fingerprint density at radius 2 is 2.31 bits per heavy atom. The predicted octanol–water partition coefficient (Wildman–Crippen LogP) is 1.16. The van der Waals surface area contributed by atoms with Crippen molar-refractivity contribution in [1.29, 1.82) is 0 Å². The molecule has 1 rings (SSSR count). The number of carbonyl (C=O) groups excluding carboxylic acids is 1. The van der Waals surface area contributed by atoms with Gasteiger partial charge in [-0.3, -0.25) is 9.48 Å². The molecule has 1 aromatic heterocycles. The number of carbonyl (C=O) groups is 1. The molecule has 72 valence electrons. The summed E-state index contributed by atoms with van der Waals surface area (Å²) < 4.78 is 2.53. The first-order chi connectivity index (χ1) is 6.02. The van der Waals surface area contributed by atoms with E-state index in [0.717, 1.165) is 3.70 Å². The SMILES string of the molecule is CC(C)NC(=O)c1cnn(C)c1I. The van der Waals surface area contributed by atoms with Crippen LogP contribution in [-0.2, 0) is 7.05 Å². The summed E-state index contributed by atoms with van der Waals surface area (Å²) in [6, 6.07) is 0.156. The molecule has 0 fully saturated rings. The van der Waals surface area contributed by atoms with E-state index in [9.17, 15) is 4.79 Å². The van der Waals surface area contributed by atoms with Crippen LogP contribution in [0, 0.1) is 3.70 Å². The second-order valence-electron chi connectivity index (χ2n) is 3.10. The summed E-state index contributed by atoms with van der Waals surface area (Å²) in [5, 5.41) is 6.81. The van der Waals surface area contributed by atoms with Gasteiger partial charge in [-0.1, -0.05) is 0 Å². The number of aryl methyl sites for hydroxylation is 1. The molecule has 0 aliphatic carbocycles. The van der Waals surface area contributed by atoms with Gasteiger partial charge in [-0.25, -0.2) is 0 Å². The maximum absolute atomic E-state index is 11.5. The molecule has 4 nitrogen and oxygen atoms in total. The van der Waals surface area contributed by atoms with Gasteiger partial charge >= 0.3 is 0 Å². The van der Waals surface area contributed by atoms with E-state index in [1.807, 2.05) is 20.9 Å². The molecular weight excluding hydrogens is 281 g/mol. The highest BCUT2D eigenvalue weighted by Crippen LogP contribution is 2.09. The van der Waals surface area contributed by atoms with Gasteiger partial charge in [0.25, 0.3) is 5.91 Å². The van der Waals surface area contributed by atoms with E-state index in [4.69, 9.17) is 0 Å². The van der Waals surface area contributed by atoms with Crippen molar-refractivity contribution in [2.45, 2.75) is 19.9 Å². The number of rotatable bonds is 2. The highest BCUT2D eigenvalue weighted by atomic mass is 127. The molecule has 1 heterocycles. The fraction of sp³-hybridized carbons (Fsp3) is 0.500. The molecule has 0 radical (unpaired) electrons. The fourth-order valence-corrected chi connectivity index (χ4v) is 1.42. The number of amides is 1. The van der Waals surface area contributed by atoms with Crippen LogP contribution in [0.5, 0.6) is 0 Å². The average Bonchev–Trinajstić information content (AvgIpc) is 2.31. The third kappa shape index (κ3) is 2.43. The first kappa shape index (κ1) is 10.5. The number of nitrogens with zero attached hydrogens (tertiary/aromatic N) is 2. The molecule has 1 amide bonds. The Morgan fingerprint density at radius 1 is 1.69 bits per heavy atom. The molecule has 0 unspecified atom stereocenters. The van der Waals surface area contributed by atoms with E-state index in [0.29, 0.717) is 5.56 Å². The first-order valence-corrected chi connectivity index (χ1v) is 5.08. The summed E-state index contributed by atoms with van der Waals surface area (Å²) in [5.74, 6) is -0.0625. The van der Waals surface area contributed by atoms with Gasteiger partial charge in [-0.2, -0.15) is 5.10 Å². The average molecular weight is 293 g/mol. The van der Waals surface area contributed by atoms with Crippen LogP contribution in [0.2, 0.25) is 0 Å². The molecule has 0 aliphatic rings. The molecule has 1 aromatic rings. The smallest absolute Gasteiger partial charge is 0.255 e. The first-order valence-electron chi connectivity index (χ1n) is 4.00. The fourth-order valence-electron chi connectivity index (χ4n) is 0.915. The van der Waals surface area contributed by atoms with Crippen molar-refractivity contribution in [3.8, 4) is 0 Å². The number of hydrogen-bond acceptors (Lipinski definition) is 2. The minimum absolute atomic E-state index is 0.0625. The summed E-state index contributed by atoms with van der Waals surface area (Å²) in [6.45, 7) is 3.86. The van der Waals surface area contributed by atoms with E-state index in [2.05, 4.69) is 33.0 Å². The summed E-state index contributed by atoms with van der Waals surface area (Å²) in [7, 11) is 1.81. The van der Waals surface area contributed by atoms with E-state index < -0.39 is 0 Å². The largest absolute Gasteiger partial charge is 0.350 e. The normalized spacial score (nSPS) is 10.5. The third-order valence-electron chi connectivity index (χ3n) is 1.53. The maximum Gasteiger partial charge on any atom is 0.255 e. The second kappa shape index (κ2) is 4.08. The third-order valence-corrected chi connectivity index (χ3v) is 2.81. The van der Waals surface area contributed by atoms with Crippen LogP contribution >= 0.6 is 22.6 Å². The maximum atomic E-state index is 11.5. The molecule has 0 aromatic carbocycles. The van der Waals surface area contributed by atoms with Crippen molar-refractivity contribution in [2.75, 3.05) is 0 Å². The van der Waals surface area contributed by atoms with Crippen molar-refractivity contribution in [1.82, 2.24) is 15.1 Å². The standard InChI is InChI=1S/C8H12IN3O/c1-5(2)11-8(13)6-4-10-12(3)7(6)9/h4-5H,1-3H3,(H,11,13). The highest BCUT2D eigenvalue weighted by molar-refractivity contribution is 14.1. The van der Waals surface area contributed by atoms with Crippen molar-refractivity contribution < 1.29 is 4.79 Å². The molecule has 13 heavy (non-hydrogen) atoms. The summed E-state index contributed by atoms with van der Waals surface area (Å²) >= 11 is 2.10. The zero-order valence-electron chi connectivity index (χ0n) is 7.84. The Morgan fingerprint density at radius 3 is 2.69 bits per heavy atom. The number of halogens is 1. The lowest BCUT2D eigenvalue weighted by Gasteiger charge is -2.06. The highest BCUT2D eigenvalue weighted by Gasteiger charge is 2.13. The topological polar surface area (TPSA) is 46.9 Å². The molecule has 0 spiro atoms. The van der Waals surface area contributed by atoms with E-state index in [1.165, 1.54) is 0 Å². The minimum Gasteiger partial charge on any atom is -0.350 e.